The summed E-state index contributed by atoms with van der Waals surface area (Å²) in [6.45, 7) is 1.83. The number of thiophene rings is 1. The molecule has 0 aromatic carbocycles. The summed E-state index contributed by atoms with van der Waals surface area (Å²) in [4.78, 5) is 2.01. The largest absolute Gasteiger partial charge is 0.417 e. The van der Waals surface area contributed by atoms with Gasteiger partial charge >= 0.3 is 6.18 Å². The maximum Gasteiger partial charge on any atom is 0.417 e. The predicted octanol–water partition coefficient (Wildman–Crippen LogP) is 2.10. The van der Waals surface area contributed by atoms with Gasteiger partial charge in [0, 0.05) is 18.5 Å². The van der Waals surface area contributed by atoms with Gasteiger partial charge in [-0.25, -0.2) is 0 Å². The molecular formula is C11H15F3N2OS. The van der Waals surface area contributed by atoms with Crippen molar-refractivity contribution in [3.63, 3.8) is 0 Å². The minimum absolute atomic E-state index is 0.132. The molecule has 0 aliphatic carbocycles. The molecule has 1 aromatic rings. The van der Waals surface area contributed by atoms with Gasteiger partial charge in [-0.3, -0.25) is 0 Å². The van der Waals surface area contributed by atoms with Crippen LogP contribution in [0.4, 0.5) is 13.2 Å². The molecule has 1 saturated heterocycles. The SMILES string of the molecule is CN1CCOC(C(N)c2cscc2C(F)(F)F)C1. The number of likely N-dealkylation sites (N-methyl/N-ethyl adjacent to an activating group) is 1. The van der Waals surface area contributed by atoms with Crippen molar-refractivity contribution < 1.29 is 17.9 Å². The number of ether oxygens (including phenoxy) is 1. The highest BCUT2D eigenvalue weighted by Crippen LogP contribution is 2.37. The molecule has 102 valence electrons. The summed E-state index contributed by atoms with van der Waals surface area (Å²) in [5.74, 6) is 0. The second kappa shape index (κ2) is 5.16. The molecule has 1 aliphatic rings. The third-order valence-electron chi connectivity index (χ3n) is 3.05. The molecule has 1 fully saturated rings. The zero-order chi connectivity index (χ0) is 13.3. The van der Waals surface area contributed by atoms with Crippen molar-refractivity contribution in [2.75, 3.05) is 26.7 Å². The zero-order valence-corrected chi connectivity index (χ0v) is 10.7. The molecular weight excluding hydrogens is 265 g/mol. The van der Waals surface area contributed by atoms with Crippen LogP contribution in [0.15, 0.2) is 10.8 Å². The number of morpholine rings is 1. The topological polar surface area (TPSA) is 38.5 Å². The van der Waals surface area contributed by atoms with Gasteiger partial charge in [0.1, 0.15) is 0 Å². The van der Waals surface area contributed by atoms with Gasteiger partial charge in [0.25, 0.3) is 0 Å². The van der Waals surface area contributed by atoms with Crippen molar-refractivity contribution in [3.8, 4) is 0 Å². The highest BCUT2D eigenvalue weighted by Gasteiger charge is 2.37. The van der Waals surface area contributed by atoms with Gasteiger partial charge in [0.2, 0.25) is 0 Å². The summed E-state index contributed by atoms with van der Waals surface area (Å²) < 4.78 is 43.8. The van der Waals surface area contributed by atoms with Crippen molar-refractivity contribution in [2.45, 2.75) is 18.3 Å². The van der Waals surface area contributed by atoms with Crippen LogP contribution in [0, 0.1) is 0 Å². The Kier molecular flexibility index (Phi) is 3.96. The van der Waals surface area contributed by atoms with E-state index in [1.54, 1.807) is 0 Å². The van der Waals surface area contributed by atoms with Crippen LogP contribution in [-0.4, -0.2) is 37.7 Å². The lowest BCUT2D eigenvalue weighted by molar-refractivity contribution is -0.138. The molecule has 1 aromatic heterocycles. The van der Waals surface area contributed by atoms with E-state index in [0.717, 1.165) is 23.3 Å². The normalized spacial score (nSPS) is 24.2. The van der Waals surface area contributed by atoms with Gasteiger partial charge in [0.05, 0.1) is 24.3 Å². The monoisotopic (exact) mass is 280 g/mol. The van der Waals surface area contributed by atoms with E-state index in [9.17, 15) is 13.2 Å². The van der Waals surface area contributed by atoms with Crippen LogP contribution in [-0.2, 0) is 10.9 Å². The summed E-state index contributed by atoms with van der Waals surface area (Å²) in [5.41, 5.74) is 5.42. The Labute approximate surface area is 107 Å². The van der Waals surface area contributed by atoms with Crippen LogP contribution < -0.4 is 5.73 Å². The lowest BCUT2D eigenvalue weighted by atomic mass is 10.00. The minimum Gasteiger partial charge on any atom is -0.374 e. The highest BCUT2D eigenvalue weighted by atomic mass is 32.1. The summed E-state index contributed by atoms with van der Waals surface area (Å²) in [6, 6.07) is -0.740. The number of hydrogen-bond acceptors (Lipinski definition) is 4. The first-order valence-electron chi connectivity index (χ1n) is 5.58. The van der Waals surface area contributed by atoms with Crippen LogP contribution in [0.25, 0.3) is 0 Å². The second-order valence-corrected chi connectivity index (χ2v) is 5.18. The average molecular weight is 280 g/mol. The molecule has 0 spiro atoms. The smallest absolute Gasteiger partial charge is 0.374 e. The fraction of sp³-hybridized carbons (Fsp3) is 0.636. The number of rotatable bonds is 2. The molecule has 2 N–H and O–H groups in total. The lowest BCUT2D eigenvalue weighted by Crippen LogP contribution is -2.45. The van der Waals surface area contributed by atoms with E-state index < -0.39 is 17.8 Å². The Hall–Kier alpha value is -0.630. The van der Waals surface area contributed by atoms with E-state index in [4.69, 9.17) is 10.5 Å². The quantitative estimate of drug-likeness (QED) is 0.901. The maximum atomic E-state index is 12.8. The molecule has 0 amide bonds. The predicted molar refractivity (Wildman–Crippen MR) is 63.5 cm³/mol. The van der Waals surface area contributed by atoms with Crippen molar-refractivity contribution in [1.82, 2.24) is 4.90 Å². The molecule has 2 unspecified atom stereocenters. The molecule has 2 atom stereocenters. The first-order valence-corrected chi connectivity index (χ1v) is 6.53. The van der Waals surface area contributed by atoms with Crippen LogP contribution >= 0.6 is 11.3 Å². The fourth-order valence-electron chi connectivity index (χ4n) is 2.02. The molecule has 18 heavy (non-hydrogen) atoms. The van der Waals surface area contributed by atoms with Gasteiger partial charge in [-0.05, 0) is 18.0 Å². The van der Waals surface area contributed by atoms with E-state index in [1.807, 2.05) is 11.9 Å². The van der Waals surface area contributed by atoms with E-state index in [2.05, 4.69) is 0 Å². The van der Waals surface area contributed by atoms with Crippen molar-refractivity contribution in [2.24, 2.45) is 5.73 Å². The molecule has 1 aliphatic heterocycles. The van der Waals surface area contributed by atoms with E-state index in [1.165, 1.54) is 5.38 Å². The molecule has 0 bridgehead atoms. The molecule has 0 radical (unpaired) electrons. The Bertz CT molecular complexity index is 407. The number of hydrogen-bond donors (Lipinski definition) is 1. The number of nitrogens with two attached hydrogens (primary N) is 1. The van der Waals surface area contributed by atoms with Crippen LogP contribution in [0.3, 0.4) is 0 Å². The van der Waals surface area contributed by atoms with Gasteiger partial charge in [-0.2, -0.15) is 24.5 Å². The molecule has 2 rings (SSSR count). The lowest BCUT2D eigenvalue weighted by Gasteiger charge is -2.33. The fourth-order valence-corrected chi connectivity index (χ4v) is 2.93. The number of alkyl halides is 3. The third-order valence-corrected chi connectivity index (χ3v) is 3.82. The summed E-state index contributed by atoms with van der Waals surface area (Å²) in [6.07, 6.45) is -4.74. The number of nitrogens with zero attached hydrogens (tertiary/aromatic N) is 1. The first kappa shape index (κ1) is 13.8. The Morgan fingerprint density at radius 2 is 2.22 bits per heavy atom. The summed E-state index contributed by atoms with van der Waals surface area (Å²) in [5, 5.41) is 2.56. The van der Waals surface area contributed by atoms with E-state index in [-0.39, 0.29) is 11.7 Å². The van der Waals surface area contributed by atoms with Gasteiger partial charge in [-0.15, -0.1) is 0 Å². The first-order chi connectivity index (χ1) is 8.39. The van der Waals surface area contributed by atoms with Gasteiger partial charge in [0.15, 0.2) is 0 Å². The Morgan fingerprint density at radius 1 is 1.50 bits per heavy atom. The van der Waals surface area contributed by atoms with E-state index in [0.29, 0.717) is 13.2 Å². The number of halogens is 3. The van der Waals surface area contributed by atoms with Gasteiger partial charge in [-0.1, -0.05) is 0 Å². The van der Waals surface area contributed by atoms with Crippen molar-refractivity contribution in [3.05, 3.63) is 21.9 Å². The molecule has 3 nitrogen and oxygen atoms in total. The molecule has 2 heterocycles. The summed E-state index contributed by atoms with van der Waals surface area (Å²) >= 11 is 1.02. The molecule has 0 saturated carbocycles. The summed E-state index contributed by atoms with van der Waals surface area (Å²) in [7, 11) is 1.90. The van der Waals surface area contributed by atoms with E-state index >= 15 is 0 Å². The second-order valence-electron chi connectivity index (χ2n) is 4.44. The average Bonchev–Trinajstić information content (AvgIpc) is 2.76. The molecule has 7 heteroatoms. The van der Waals surface area contributed by atoms with Crippen LogP contribution in [0.5, 0.6) is 0 Å². The maximum absolute atomic E-state index is 12.8. The van der Waals surface area contributed by atoms with Crippen molar-refractivity contribution >= 4 is 11.3 Å². The van der Waals surface area contributed by atoms with Crippen LogP contribution in [0.1, 0.15) is 17.2 Å². The Morgan fingerprint density at radius 3 is 2.83 bits per heavy atom. The standard InChI is InChI=1S/C11H15F3N2OS/c1-16-2-3-17-9(4-16)10(15)7-5-18-6-8(7)11(12,13)14/h5-6,9-10H,2-4,15H2,1H3. The van der Waals surface area contributed by atoms with Crippen molar-refractivity contribution in [1.29, 1.82) is 0 Å². The Balaban J connectivity index is 2.18. The highest BCUT2D eigenvalue weighted by molar-refractivity contribution is 7.08. The third kappa shape index (κ3) is 2.85. The van der Waals surface area contributed by atoms with Gasteiger partial charge < -0.3 is 15.4 Å². The van der Waals surface area contributed by atoms with Crippen LogP contribution in [0.2, 0.25) is 0 Å². The minimum atomic E-state index is -4.35. The zero-order valence-electron chi connectivity index (χ0n) is 9.91.